The number of aliphatic hydroxyl groups excluding tert-OH is 1. The van der Waals surface area contributed by atoms with Crippen molar-refractivity contribution in [3.05, 3.63) is 45.5 Å². The Morgan fingerprint density at radius 1 is 1.21 bits per heavy atom. The van der Waals surface area contributed by atoms with E-state index in [-0.39, 0.29) is 17.2 Å². The van der Waals surface area contributed by atoms with E-state index in [0.717, 1.165) is 18.4 Å². The number of likely N-dealkylation sites (tertiary alicyclic amines) is 2. The molecule has 2 amide bonds. The predicted molar refractivity (Wildman–Crippen MR) is 107 cm³/mol. The molecule has 1 spiro atoms. The molecular formula is C21H26N2O4S. The fourth-order valence-corrected chi connectivity index (χ4v) is 5.27. The van der Waals surface area contributed by atoms with Gasteiger partial charge in [-0.15, -0.1) is 0 Å². The van der Waals surface area contributed by atoms with Gasteiger partial charge in [0, 0.05) is 31.6 Å². The molecule has 2 saturated heterocycles. The summed E-state index contributed by atoms with van der Waals surface area (Å²) >= 11 is 1.53. The van der Waals surface area contributed by atoms with Crippen molar-refractivity contribution in [3.63, 3.8) is 0 Å². The Morgan fingerprint density at radius 3 is 2.57 bits per heavy atom. The van der Waals surface area contributed by atoms with Crippen LogP contribution in [0.15, 0.2) is 27.3 Å². The first-order valence-electron chi connectivity index (χ1n) is 9.73. The molecule has 2 fully saturated rings. The molecule has 4 heterocycles. The van der Waals surface area contributed by atoms with E-state index in [2.05, 4.69) is 0 Å². The first-order chi connectivity index (χ1) is 13.4. The number of aryl methyl sites for hydroxylation is 2. The summed E-state index contributed by atoms with van der Waals surface area (Å²) in [5, 5.41) is 14.3. The van der Waals surface area contributed by atoms with Gasteiger partial charge in [0.15, 0.2) is 0 Å². The lowest BCUT2D eigenvalue weighted by molar-refractivity contribution is -0.0299. The summed E-state index contributed by atoms with van der Waals surface area (Å²) in [5.41, 5.74) is 1.19. The molecular weight excluding hydrogens is 376 g/mol. The van der Waals surface area contributed by atoms with Gasteiger partial charge in [-0.3, -0.25) is 9.59 Å². The Kier molecular flexibility index (Phi) is 5.05. The summed E-state index contributed by atoms with van der Waals surface area (Å²) in [6.45, 7) is 5.91. The quantitative estimate of drug-likeness (QED) is 0.838. The highest BCUT2D eigenvalue weighted by molar-refractivity contribution is 7.08. The number of furan rings is 1. The van der Waals surface area contributed by atoms with Gasteiger partial charge < -0.3 is 19.3 Å². The molecule has 1 N–H and O–H groups in total. The van der Waals surface area contributed by atoms with Crippen molar-refractivity contribution in [1.82, 2.24) is 9.80 Å². The number of piperidine rings is 2. The molecule has 2 aromatic heterocycles. The fraction of sp³-hybridized carbons (Fsp3) is 0.524. The van der Waals surface area contributed by atoms with Crippen LogP contribution in [-0.4, -0.2) is 59.0 Å². The van der Waals surface area contributed by atoms with E-state index >= 15 is 0 Å². The van der Waals surface area contributed by atoms with Crippen LogP contribution in [0.2, 0.25) is 0 Å². The van der Waals surface area contributed by atoms with Crippen molar-refractivity contribution in [3.8, 4) is 0 Å². The number of carbonyl (C=O) groups is 2. The Labute approximate surface area is 168 Å². The van der Waals surface area contributed by atoms with Crippen molar-refractivity contribution in [2.75, 3.05) is 26.2 Å². The molecule has 6 nitrogen and oxygen atoms in total. The number of carbonyl (C=O) groups excluding carboxylic acids is 2. The maximum Gasteiger partial charge on any atom is 0.257 e. The largest absolute Gasteiger partial charge is 0.466 e. The van der Waals surface area contributed by atoms with E-state index in [1.165, 1.54) is 11.3 Å². The SMILES string of the molecule is Cc1cc(C(=O)N2CC(O)CC3(CCN(C(=O)c4ccsc4)CC3)C2)c(C)o1. The lowest BCUT2D eigenvalue weighted by atomic mass is 9.71. The van der Waals surface area contributed by atoms with E-state index in [9.17, 15) is 14.7 Å². The number of thiophene rings is 1. The van der Waals surface area contributed by atoms with Crippen LogP contribution in [0, 0.1) is 19.3 Å². The lowest BCUT2D eigenvalue weighted by Crippen LogP contribution is -2.55. The predicted octanol–water partition coefficient (Wildman–Crippen LogP) is 3.09. The smallest absolute Gasteiger partial charge is 0.257 e. The molecule has 28 heavy (non-hydrogen) atoms. The third-order valence-electron chi connectivity index (χ3n) is 6.06. The second-order valence-corrected chi connectivity index (χ2v) is 8.95. The van der Waals surface area contributed by atoms with E-state index in [1.807, 2.05) is 28.7 Å². The van der Waals surface area contributed by atoms with Crippen molar-refractivity contribution in [2.45, 2.75) is 39.2 Å². The van der Waals surface area contributed by atoms with Gasteiger partial charge in [-0.25, -0.2) is 0 Å². The van der Waals surface area contributed by atoms with Gasteiger partial charge in [0.2, 0.25) is 0 Å². The molecule has 2 aliphatic heterocycles. The maximum absolute atomic E-state index is 13.0. The van der Waals surface area contributed by atoms with Crippen molar-refractivity contribution in [2.24, 2.45) is 5.41 Å². The summed E-state index contributed by atoms with van der Waals surface area (Å²) in [6.07, 6.45) is 1.74. The van der Waals surface area contributed by atoms with Crippen LogP contribution in [0.5, 0.6) is 0 Å². The molecule has 150 valence electrons. The molecule has 0 bridgehead atoms. The highest BCUT2D eigenvalue weighted by Gasteiger charge is 2.44. The van der Waals surface area contributed by atoms with Gasteiger partial charge in [-0.05, 0) is 56.0 Å². The second-order valence-electron chi connectivity index (χ2n) is 8.17. The van der Waals surface area contributed by atoms with Crippen LogP contribution in [0.3, 0.4) is 0 Å². The van der Waals surface area contributed by atoms with E-state index in [1.54, 1.807) is 17.9 Å². The van der Waals surface area contributed by atoms with Crippen LogP contribution >= 0.6 is 11.3 Å². The van der Waals surface area contributed by atoms with Crippen LogP contribution in [0.25, 0.3) is 0 Å². The third kappa shape index (κ3) is 3.61. The number of hydrogen-bond donors (Lipinski definition) is 1. The monoisotopic (exact) mass is 402 g/mol. The Balaban J connectivity index is 1.46. The minimum atomic E-state index is -0.537. The van der Waals surface area contributed by atoms with Gasteiger partial charge in [-0.1, -0.05) is 0 Å². The Hall–Kier alpha value is -2.12. The van der Waals surface area contributed by atoms with Gasteiger partial charge in [0.1, 0.15) is 11.5 Å². The van der Waals surface area contributed by atoms with Gasteiger partial charge in [-0.2, -0.15) is 11.3 Å². The van der Waals surface area contributed by atoms with Gasteiger partial charge >= 0.3 is 0 Å². The number of rotatable bonds is 2. The zero-order chi connectivity index (χ0) is 19.9. The first kappa shape index (κ1) is 19.2. The lowest BCUT2D eigenvalue weighted by Gasteiger charge is -2.49. The molecule has 0 radical (unpaired) electrons. The topological polar surface area (TPSA) is 74.0 Å². The summed E-state index contributed by atoms with van der Waals surface area (Å²) in [4.78, 5) is 29.3. The molecule has 7 heteroatoms. The minimum absolute atomic E-state index is 0.0740. The molecule has 1 unspecified atom stereocenters. The molecule has 1 atom stereocenters. The fourth-order valence-electron chi connectivity index (χ4n) is 4.64. The number of aliphatic hydroxyl groups is 1. The number of amides is 2. The average Bonchev–Trinajstić information content (AvgIpc) is 3.30. The van der Waals surface area contributed by atoms with Crippen LogP contribution in [0.4, 0.5) is 0 Å². The number of nitrogens with zero attached hydrogens (tertiary/aromatic N) is 2. The highest BCUT2D eigenvalue weighted by atomic mass is 32.1. The standard InChI is InChI=1S/C21H26N2O4S/c1-14-9-18(15(2)27-14)20(26)23-11-17(24)10-21(13-23)4-6-22(7-5-21)19(25)16-3-8-28-12-16/h3,8-9,12,17,24H,4-7,10-11,13H2,1-2H3. The molecule has 4 rings (SSSR count). The van der Waals surface area contributed by atoms with Crippen LogP contribution < -0.4 is 0 Å². The highest BCUT2D eigenvalue weighted by Crippen LogP contribution is 2.40. The molecule has 2 aromatic rings. The Morgan fingerprint density at radius 2 is 1.96 bits per heavy atom. The third-order valence-corrected chi connectivity index (χ3v) is 6.75. The minimum Gasteiger partial charge on any atom is -0.466 e. The van der Waals surface area contributed by atoms with Gasteiger partial charge in [0.05, 0.1) is 17.2 Å². The second kappa shape index (κ2) is 7.37. The van der Waals surface area contributed by atoms with Crippen LogP contribution in [0.1, 0.15) is 51.5 Å². The van der Waals surface area contributed by atoms with E-state index in [0.29, 0.717) is 49.7 Å². The average molecular weight is 403 g/mol. The maximum atomic E-state index is 13.0. The van der Waals surface area contributed by atoms with Crippen LogP contribution in [-0.2, 0) is 0 Å². The molecule has 2 aliphatic rings. The van der Waals surface area contributed by atoms with Crippen molar-refractivity contribution >= 4 is 23.2 Å². The summed E-state index contributed by atoms with van der Waals surface area (Å²) in [5.74, 6) is 1.33. The normalized spacial score (nSPS) is 21.9. The van der Waals surface area contributed by atoms with E-state index in [4.69, 9.17) is 4.42 Å². The number of β-amino-alcohol motifs (C(OH)–C–C–N with tert-alkyl or cyclic N) is 1. The van der Waals surface area contributed by atoms with Gasteiger partial charge in [0.25, 0.3) is 11.8 Å². The Bertz CT molecular complexity index is 865. The molecule has 0 saturated carbocycles. The summed E-state index contributed by atoms with van der Waals surface area (Å²) in [7, 11) is 0. The zero-order valence-corrected chi connectivity index (χ0v) is 17.1. The van der Waals surface area contributed by atoms with Crippen molar-refractivity contribution < 1.29 is 19.1 Å². The van der Waals surface area contributed by atoms with E-state index < -0.39 is 6.10 Å². The number of hydrogen-bond acceptors (Lipinski definition) is 5. The van der Waals surface area contributed by atoms with Crippen molar-refractivity contribution in [1.29, 1.82) is 0 Å². The zero-order valence-electron chi connectivity index (χ0n) is 16.3. The molecule has 0 aromatic carbocycles. The summed E-state index contributed by atoms with van der Waals surface area (Å²) < 4.78 is 5.51. The molecule has 0 aliphatic carbocycles. The first-order valence-corrected chi connectivity index (χ1v) is 10.7. The summed E-state index contributed by atoms with van der Waals surface area (Å²) in [6, 6.07) is 3.63.